The average molecular weight is 265 g/mol. The molecule has 1 heterocycles. The van der Waals surface area contributed by atoms with E-state index in [1.165, 1.54) is 12.1 Å². The summed E-state index contributed by atoms with van der Waals surface area (Å²) >= 11 is 1.62. The van der Waals surface area contributed by atoms with Gasteiger partial charge in [0.1, 0.15) is 5.82 Å². The summed E-state index contributed by atoms with van der Waals surface area (Å²) in [5, 5.41) is 4.20. The predicted molar refractivity (Wildman–Crippen MR) is 72.0 cm³/mol. The van der Waals surface area contributed by atoms with Crippen LogP contribution in [0.4, 0.5) is 4.39 Å². The number of rotatable bonds is 5. The van der Waals surface area contributed by atoms with Gasteiger partial charge >= 0.3 is 0 Å². The molecule has 0 aliphatic heterocycles. The molecule has 0 amide bonds. The van der Waals surface area contributed by atoms with Gasteiger partial charge in [0, 0.05) is 35.0 Å². The van der Waals surface area contributed by atoms with E-state index in [1.54, 1.807) is 30.1 Å². The normalized spacial score (nSPS) is 12.6. The van der Waals surface area contributed by atoms with E-state index in [-0.39, 0.29) is 11.9 Å². The molecule has 0 aliphatic rings. The summed E-state index contributed by atoms with van der Waals surface area (Å²) in [6, 6.07) is 6.40. The Bertz CT molecular complexity index is 495. The number of thioether (sulfide) groups is 1. The molecule has 0 fully saturated rings. The van der Waals surface area contributed by atoms with Gasteiger partial charge in [-0.1, -0.05) is 0 Å². The van der Waals surface area contributed by atoms with Crippen molar-refractivity contribution >= 4 is 11.8 Å². The van der Waals surface area contributed by atoms with Crippen molar-refractivity contribution in [1.82, 2.24) is 9.78 Å². The highest BCUT2D eigenvalue weighted by atomic mass is 32.2. The van der Waals surface area contributed by atoms with Crippen molar-refractivity contribution in [3.63, 3.8) is 0 Å². The molecule has 2 aromatic rings. The first kappa shape index (κ1) is 13.1. The third kappa shape index (κ3) is 3.34. The third-order valence-corrected chi connectivity index (χ3v) is 3.78. The molecule has 0 bridgehead atoms. The Balaban J connectivity index is 1.91. The van der Waals surface area contributed by atoms with Crippen LogP contribution in [0.3, 0.4) is 0 Å². The highest BCUT2D eigenvalue weighted by Gasteiger charge is 2.09. The van der Waals surface area contributed by atoms with Crippen LogP contribution in [-0.4, -0.2) is 15.5 Å². The molecular weight excluding hydrogens is 249 g/mol. The number of halogens is 1. The molecule has 3 nitrogen and oxygen atoms in total. The Morgan fingerprint density at radius 3 is 2.72 bits per heavy atom. The van der Waals surface area contributed by atoms with Crippen LogP contribution in [0.25, 0.3) is 0 Å². The molecule has 1 unspecified atom stereocenters. The van der Waals surface area contributed by atoms with Crippen molar-refractivity contribution < 1.29 is 4.39 Å². The quantitative estimate of drug-likeness (QED) is 0.845. The van der Waals surface area contributed by atoms with E-state index >= 15 is 0 Å². The van der Waals surface area contributed by atoms with E-state index in [0.717, 1.165) is 22.8 Å². The lowest BCUT2D eigenvalue weighted by Gasteiger charge is -2.08. The SMILES string of the molecule is CCn1cc(C(N)CSc2ccc(F)cc2)cn1. The lowest BCUT2D eigenvalue weighted by molar-refractivity contribution is 0.626. The van der Waals surface area contributed by atoms with Crippen LogP contribution in [-0.2, 0) is 6.54 Å². The molecule has 2 N–H and O–H groups in total. The van der Waals surface area contributed by atoms with Crippen LogP contribution >= 0.6 is 11.8 Å². The van der Waals surface area contributed by atoms with Gasteiger partial charge in [-0.2, -0.15) is 5.10 Å². The Kier molecular flexibility index (Phi) is 4.38. The first-order valence-corrected chi connectivity index (χ1v) is 6.84. The van der Waals surface area contributed by atoms with Gasteiger partial charge in [-0.3, -0.25) is 4.68 Å². The molecule has 0 aliphatic carbocycles. The summed E-state index contributed by atoms with van der Waals surface area (Å²) in [6.07, 6.45) is 3.77. The van der Waals surface area contributed by atoms with Gasteiger partial charge in [0.15, 0.2) is 0 Å². The predicted octanol–water partition coefficient (Wildman–Crippen LogP) is 2.83. The molecule has 1 aromatic heterocycles. The molecule has 0 spiro atoms. The van der Waals surface area contributed by atoms with E-state index in [2.05, 4.69) is 5.10 Å². The first-order valence-electron chi connectivity index (χ1n) is 5.85. The van der Waals surface area contributed by atoms with E-state index in [0.29, 0.717) is 0 Å². The van der Waals surface area contributed by atoms with Crippen molar-refractivity contribution in [3.8, 4) is 0 Å². The van der Waals surface area contributed by atoms with Gasteiger partial charge in [-0.15, -0.1) is 11.8 Å². The minimum atomic E-state index is -0.215. The second-order valence-corrected chi connectivity index (χ2v) is 5.09. The maximum atomic E-state index is 12.7. The van der Waals surface area contributed by atoms with Crippen molar-refractivity contribution in [1.29, 1.82) is 0 Å². The monoisotopic (exact) mass is 265 g/mol. The maximum absolute atomic E-state index is 12.7. The topological polar surface area (TPSA) is 43.8 Å². The number of nitrogens with two attached hydrogens (primary N) is 1. The number of benzene rings is 1. The van der Waals surface area contributed by atoms with Crippen molar-refractivity contribution in [3.05, 3.63) is 48.0 Å². The van der Waals surface area contributed by atoms with Gasteiger partial charge < -0.3 is 5.73 Å². The molecule has 1 aromatic carbocycles. The summed E-state index contributed by atoms with van der Waals surface area (Å²) in [4.78, 5) is 1.02. The van der Waals surface area contributed by atoms with Gasteiger partial charge in [-0.05, 0) is 31.2 Å². The minimum absolute atomic E-state index is 0.0552. The number of nitrogens with zero attached hydrogens (tertiary/aromatic N) is 2. The lowest BCUT2D eigenvalue weighted by atomic mass is 10.2. The maximum Gasteiger partial charge on any atom is 0.123 e. The number of hydrogen-bond acceptors (Lipinski definition) is 3. The number of aryl methyl sites for hydroxylation is 1. The van der Waals surface area contributed by atoms with E-state index in [9.17, 15) is 4.39 Å². The molecule has 96 valence electrons. The third-order valence-electron chi connectivity index (χ3n) is 2.65. The van der Waals surface area contributed by atoms with Crippen LogP contribution in [0.15, 0.2) is 41.6 Å². The van der Waals surface area contributed by atoms with Crippen molar-refractivity contribution in [2.75, 3.05) is 5.75 Å². The van der Waals surface area contributed by atoms with Gasteiger partial charge in [0.05, 0.1) is 6.20 Å². The minimum Gasteiger partial charge on any atom is -0.323 e. The fourth-order valence-electron chi connectivity index (χ4n) is 1.56. The van der Waals surface area contributed by atoms with Gasteiger partial charge in [-0.25, -0.2) is 4.39 Å². The average Bonchev–Trinajstić information content (AvgIpc) is 2.86. The summed E-state index contributed by atoms with van der Waals surface area (Å²) < 4.78 is 14.6. The highest BCUT2D eigenvalue weighted by Crippen LogP contribution is 2.23. The Morgan fingerprint density at radius 2 is 2.11 bits per heavy atom. The summed E-state index contributed by atoms with van der Waals surface area (Å²) in [5.74, 6) is 0.536. The largest absolute Gasteiger partial charge is 0.323 e. The van der Waals surface area contributed by atoms with E-state index in [4.69, 9.17) is 5.73 Å². The van der Waals surface area contributed by atoms with E-state index in [1.807, 2.05) is 17.8 Å². The summed E-state index contributed by atoms with van der Waals surface area (Å²) in [6.45, 7) is 2.88. The van der Waals surface area contributed by atoms with Crippen LogP contribution in [0, 0.1) is 5.82 Å². The standard InChI is InChI=1S/C13H16FN3S/c1-2-17-8-10(7-16-17)13(15)9-18-12-5-3-11(14)4-6-12/h3-8,13H,2,9,15H2,1H3. The van der Waals surface area contributed by atoms with Crippen LogP contribution in [0.1, 0.15) is 18.5 Å². The Hall–Kier alpha value is -1.33. The molecule has 5 heteroatoms. The van der Waals surface area contributed by atoms with Gasteiger partial charge in [0.2, 0.25) is 0 Å². The second-order valence-electron chi connectivity index (χ2n) is 4.00. The van der Waals surface area contributed by atoms with Gasteiger partial charge in [0.25, 0.3) is 0 Å². The molecule has 0 saturated heterocycles. The molecular formula is C13H16FN3S. The zero-order valence-corrected chi connectivity index (χ0v) is 11.0. The van der Waals surface area contributed by atoms with Crippen molar-refractivity contribution in [2.45, 2.75) is 24.4 Å². The number of hydrogen-bond donors (Lipinski definition) is 1. The molecule has 2 rings (SSSR count). The zero-order valence-electron chi connectivity index (χ0n) is 10.2. The highest BCUT2D eigenvalue weighted by molar-refractivity contribution is 7.99. The lowest BCUT2D eigenvalue weighted by Crippen LogP contribution is -2.12. The zero-order chi connectivity index (χ0) is 13.0. The van der Waals surface area contributed by atoms with Crippen LogP contribution in [0.5, 0.6) is 0 Å². The fraction of sp³-hybridized carbons (Fsp3) is 0.308. The Labute approximate surface area is 110 Å². The summed E-state index contributed by atoms with van der Waals surface area (Å²) in [5.41, 5.74) is 7.13. The fourth-order valence-corrected chi connectivity index (χ4v) is 2.45. The summed E-state index contributed by atoms with van der Waals surface area (Å²) in [7, 11) is 0. The van der Waals surface area contributed by atoms with Crippen molar-refractivity contribution in [2.24, 2.45) is 5.73 Å². The number of aromatic nitrogens is 2. The first-order chi connectivity index (χ1) is 8.69. The molecule has 18 heavy (non-hydrogen) atoms. The molecule has 0 radical (unpaired) electrons. The van der Waals surface area contributed by atoms with Crippen LogP contribution < -0.4 is 5.73 Å². The molecule has 1 atom stereocenters. The second kappa shape index (κ2) is 6.02. The molecule has 0 saturated carbocycles. The smallest absolute Gasteiger partial charge is 0.123 e. The van der Waals surface area contributed by atoms with E-state index < -0.39 is 0 Å². The van der Waals surface area contributed by atoms with Crippen LogP contribution in [0.2, 0.25) is 0 Å². The Morgan fingerprint density at radius 1 is 1.39 bits per heavy atom.